The molecule has 0 aromatic heterocycles. The number of benzene rings is 4. The molecule has 2 aliphatic rings. The first-order chi connectivity index (χ1) is 20.7. The van der Waals surface area contributed by atoms with Crippen LogP contribution >= 0.6 is 0 Å². The average molecular weight is 602 g/mol. The van der Waals surface area contributed by atoms with E-state index in [1.807, 2.05) is 72.8 Å². The van der Waals surface area contributed by atoms with Crippen molar-refractivity contribution in [3.63, 3.8) is 0 Å². The van der Waals surface area contributed by atoms with Gasteiger partial charge in [0.05, 0.1) is 33.0 Å². The summed E-state index contributed by atoms with van der Waals surface area (Å²) in [6.45, 7) is 2.20. The summed E-state index contributed by atoms with van der Waals surface area (Å²) in [7, 11) is 0. The van der Waals surface area contributed by atoms with Gasteiger partial charge in [-0.15, -0.1) is 0 Å². The summed E-state index contributed by atoms with van der Waals surface area (Å²) in [5.74, 6) is 0. The van der Waals surface area contributed by atoms with Crippen LogP contribution in [0.3, 0.4) is 0 Å². The quantitative estimate of drug-likeness (QED) is 0.254. The molecule has 6 rings (SSSR count). The van der Waals surface area contributed by atoms with E-state index < -0.39 is 11.7 Å². The summed E-state index contributed by atoms with van der Waals surface area (Å²) in [6, 6.07) is 41.0. The fraction of sp³-hybridized carbons (Fsp3) is 0.333. The molecule has 3 N–H and O–H groups in total. The molecular weight excluding hydrogens is 562 g/mol. The lowest BCUT2D eigenvalue weighted by atomic mass is 9.92. The molecule has 226 valence electrons. The van der Waals surface area contributed by atoms with Crippen LogP contribution in [0.5, 0.6) is 0 Å². The molecule has 7 heteroatoms. The van der Waals surface area contributed by atoms with E-state index in [1.165, 1.54) is 0 Å². The summed E-state index contributed by atoms with van der Waals surface area (Å²) in [5, 5.41) is 0. The number of hydrogen-bond donors (Lipinski definition) is 1. The SMILES string of the molecule is [Cl-].[NH3+]C1C[C@]12OC(COCc1ccccc1)[C@@H](OCc1ccccc1)C(OCc1ccccc1)C2OCc1ccccc1. The van der Waals surface area contributed by atoms with Crippen molar-refractivity contribution in [2.45, 2.75) is 68.9 Å². The highest BCUT2D eigenvalue weighted by Gasteiger charge is 2.70. The van der Waals surface area contributed by atoms with Gasteiger partial charge in [0.25, 0.3) is 0 Å². The second-order valence-electron chi connectivity index (χ2n) is 11.3. The van der Waals surface area contributed by atoms with Gasteiger partial charge < -0.3 is 41.8 Å². The zero-order chi connectivity index (χ0) is 28.6. The van der Waals surface area contributed by atoms with E-state index in [-0.39, 0.29) is 36.8 Å². The van der Waals surface area contributed by atoms with E-state index in [0.717, 1.165) is 28.7 Å². The van der Waals surface area contributed by atoms with Gasteiger partial charge in [-0.2, -0.15) is 0 Å². The van der Waals surface area contributed by atoms with Crippen LogP contribution < -0.4 is 18.1 Å². The smallest absolute Gasteiger partial charge is 0.154 e. The molecule has 4 aromatic carbocycles. The molecule has 1 saturated carbocycles. The van der Waals surface area contributed by atoms with Crippen molar-refractivity contribution in [1.82, 2.24) is 0 Å². The Bertz CT molecular complexity index is 1360. The Morgan fingerprint density at radius 1 is 0.581 bits per heavy atom. The van der Waals surface area contributed by atoms with Gasteiger partial charge in [-0.05, 0) is 22.3 Å². The lowest BCUT2D eigenvalue weighted by Gasteiger charge is -2.46. The van der Waals surface area contributed by atoms with Crippen molar-refractivity contribution in [1.29, 1.82) is 0 Å². The number of halogens is 1. The molecule has 1 saturated heterocycles. The van der Waals surface area contributed by atoms with Crippen molar-refractivity contribution in [2.24, 2.45) is 0 Å². The van der Waals surface area contributed by atoms with Crippen molar-refractivity contribution in [3.05, 3.63) is 144 Å². The van der Waals surface area contributed by atoms with Crippen molar-refractivity contribution < 1.29 is 41.8 Å². The highest BCUT2D eigenvalue weighted by atomic mass is 35.5. The van der Waals surface area contributed by atoms with E-state index in [2.05, 4.69) is 54.3 Å². The molecule has 0 amide bonds. The molecule has 6 nitrogen and oxygen atoms in total. The van der Waals surface area contributed by atoms with Gasteiger partial charge in [-0.25, -0.2) is 0 Å². The molecule has 1 aliphatic heterocycles. The van der Waals surface area contributed by atoms with Gasteiger partial charge in [0.2, 0.25) is 0 Å². The molecule has 1 heterocycles. The van der Waals surface area contributed by atoms with E-state index in [0.29, 0.717) is 33.0 Å². The fourth-order valence-electron chi connectivity index (χ4n) is 5.81. The molecule has 4 unspecified atom stereocenters. The maximum atomic E-state index is 6.90. The van der Waals surface area contributed by atoms with Crippen LogP contribution in [0.25, 0.3) is 0 Å². The van der Waals surface area contributed by atoms with Crippen LogP contribution in [0.15, 0.2) is 121 Å². The molecule has 1 spiro atoms. The molecule has 0 bridgehead atoms. The Labute approximate surface area is 260 Å². The van der Waals surface area contributed by atoms with Crippen LogP contribution in [-0.2, 0) is 50.1 Å². The maximum absolute atomic E-state index is 6.90. The molecular formula is C36H40ClNO5. The summed E-state index contributed by atoms with van der Waals surface area (Å²) in [5.41, 5.74) is 8.28. The summed E-state index contributed by atoms with van der Waals surface area (Å²) in [4.78, 5) is 0. The Hall–Kier alpha value is -3.07. The van der Waals surface area contributed by atoms with Gasteiger partial charge in [-0.1, -0.05) is 121 Å². The summed E-state index contributed by atoms with van der Waals surface area (Å²) in [6.07, 6.45) is -0.693. The third-order valence-electron chi connectivity index (χ3n) is 8.17. The maximum Gasteiger partial charge on any atom is 0.154 e. The lowest BCUT2D eigenvalue weighted by molar-refractivity contribution is -0.415. The Balaban J connectivity index is 0.00000368. The van der Waals surface area contributed by atoms with Gasteiger partial charge in [-0.3, -0.25) is 0 Å². The van der Waals surface area contributed by atoms with Crippen molar-refractivity contribution in [3.8, 4) is 0 Å². The lowest BCUT2D eigenvalue weighted by Crippen LogP contribution is -3.00. The zero-order valence-electron chi connectivity index (χ0n) is 24.3. The largest absolute Gasteiger partial charge is 1.00 e. The highest BCUT2D eigenvalue weighted by Crippen LogP contribution is 2.49. The minimum atomic E-state index is -0.552. The molecule has 4 aromatic rings. The van der Waals surface area contributed by atoms with Gasteiger partial charge >= 0.3 is 0 Å². The molecule has 0 radical (unpaired) electrons. The number of hydrogen-bond acceptors (Lipinski definition) is 5. The topological polar surface area (TPSA) is 73.8 Å². The van der Waals surface area contributed by atoms with E-state index in [9.17, 15) is 0 Å². The Morgan fingerprint density at radius 3 is 1.42 bits per heavy atom. The number of ether oxygens (including phenoxy) is 5. The Morgan fingerprint density at radius 2 is 0.977 bits per heavy atom. The fourth-order valence-corrected chi connectivity index (χ4v) is 5.81. The zero-order valence-corrected chi connectivity index (χ0v) is 25.1. The first-order valence-corrected chi connectivity index (χ1v) is 14.8. The summed E-state index contributed by atoms with van der Waals surface area (Å²) >= 11 is 0. The first-order valence-electron chi connectivity index (χ1n) is 14.8. The third kappa shape index (κ3) is 7.91. The minimum Gasteiger partial charge on any atom is -1.00 e. The summed E-state index contributed by atoms with van der Waals surface area (Å²) < 4.78 is 33.3. The standard InChI is InChI=1S/C36H39NO5.ClH/c37-32-21-36(32)35(41-25-30-19-11-4-12-20-30)34(40-24-29-17-9-3-10-18-29)33(39-23-28-15-7-2-8-16-28)31(42-36)26-38-22-27-13-5-1-6-14-27;/h1-20,31-35H,21-26,37H2;1H/t31?,32?,33-,34?,35?,36+;/m1./s1. The molecule has 6 atom stereocenters. The Kier molecular flexibility index (Phi) is 11.0. The predicted octanol–water partition coefficient (Wildman–Crippen LogP) is 2.12. The molecule has 43 heavy (non-hydrogen) atoms. The van der Waals surface area contributed by atoms with Gasteiger partial charge in [0, 0.05) is 6.42 Å². The van der Waals surface area contributed by atoms with Crippen LogP contribution in [-0.4, -0.2) is 42.7 Å². The minimum absolute atomic E-state index is 0. The van der Waals surface area contributed by atoms with E-state index >= 15 is 0 Å². The predicted molar refractivity (Wildman–Crippen MR) is 160 cm³/mol. The van der Waals surface area contributed by atoms with E-state index in [4.69, 9.17) is 23.7 Å². The molecule has 2 fully saturated rings. The highest BCUT2D eigenvalue weighted by molar-refractivity contribution is 5.21. The number of rotatable bonds is 13. The van der Waals surface area contributed by atoms with Crippen LogP contribution in [0, 0.1) is 0 Å². The van der Waals surface area contributed by atoms with Crippen molar-refractivity contribution in [2.75, 3.05) is 6.61 Å². The second kappa shape index (κ2) is 15.1. The molecule has 1 aliphatic carbocycles. The monoisotopic (exact) mass is 601 g/mol. The van der Waals surface area contributed by atoms with Crippen LogP contribution in [0.2, 0.25) is 0 Å². The average Bonchev–Trinajstić information content (AvgIpc) is 3.69. The second-order valence-corrected chi connectivity index (χ2v) is 11.3. The van der Waals surface area contributed by atoms with Crippen molar-refractivity contribution >= 4 is 0 Å². The van der Waals surface area contributed by atoms with Crippen LogP contribution in [0.1, 0.15) is 28.7 Å². The van der Waals surface area contributed by atoms with Gasteiger partial charge in [0.15, 0.2) is 5.60 Å². The van der Waals surface area contributed by atoms with Crippen LogP contribution in [0.4, 0.5) is 0 Å². The normalized spacial score (nSPS) is 26.1. The van der Waals surface area contributed by atoms with E-state index in [1.54, 1.807) is 0 Å². The van der Waals surface area contributed by atoms with Gasteiger partial charge in [0.1, 0.15) is 30.5 Å². The first kappa shape index (κ1) is 31.4. The third-order valence-corrected chi connectivity index (χ3v) is 8.17. The number of quaternary nitrogens is 1.